The van der Waals surface area contributed by atoms with Crippen molar-refractivity contribution in [2.45, 2.75) is 6.92 Å². The molecular formula is C19H22N2O3. The first-order chi connectivity index (χ1) is 11.6. The molecule has 126 valence electrons. The zero-order valence-electron chi connectivity index (χ0n) is 14.0. The van der Waals surface area contributed by atoms with Crippen LogP contribution in [0.4, 0.5) is 11.4 Å². The van der Waals surface area contributed by atoms with E-state index in [2.05, 4.69) is 17.2 Å². The second-order valence-electron chi connectivity index (χ2n) is 5.37. The molecule has 0 aliphatic carbocycles. The van der Waals surface area contributed by atoms with Crippen molar-refractivity contribution in [1.82, 2.24) is 0 Å². The van der Waals surface area contributed by atoms with Crippen molar-refractivity contribution in [3.63, 3.8) is 0 Å². The molecule has 0 unspecified atom stereocenters. The molecule has 0 heterocycles. The maximum Gasteiger partial charge on any atom is 0.243 e. The summed E-state index contributed by atoms with van der Waals surface area (Å²) in [6, 6.07) is 14.7. The highest BCUT2D eigenvalue weighted by Crippen LogP contribution is 2.23. The summed E-state index contributed by atoms with van der Waals surface area (Å²) in [7, 11) is 1.57. The summed E-state index contributed by atoms with van der Waals surface area (Å²) in [6.45, 7) is 6.36. The SMILES string of the molecule is C=C(C)COc1ccc(NCC(=O)Nc2ccccc2OC)cc1. The third-order valence-electron chi connectivity index (χ3n) is 3.17. The van der Waals surface area contributed by atoms with E-state index in [4.69, 9.17) is 9.47 Å². The summed E-state index contributed by atoms with van der Waals surface area (Å²) < 4.78 is 10.7. The molecule has 0 fully saturated rings. The summed E-state index contributed by atoms with van der Waals surface area (Å²) in [5.41, 5.74) is 2.45. The third-order valence-corrected chi connectivity index (χ3v) is 3.17. The lowest BCUT2D eigenvalue weighted by Crippen LogP contribution is -2.22. The van der Waals surface area contributed by atoms with Crippen LogP contribution in [0.1, 0.15) is 6.92 Å². The van der Waals surface area contributed by atoms with Gasteiger partial charge in [0.1, 0.15) is 18.1 Å². The van der Waals surface area contributed by atoms with Crippen molar-refractivity contribution in [3.05, 3.63) is 60.7 Å². The summed E-state index contributed by atoms with van der Waals surface area (Å²) in [6.07, 6.45) is 0. The van der Waals surface area contributed by atoms with Crippen LogP contribution in [0.3, 0.4) is 0 Å². The number of para-hydroxylation sites is 2. The lowest BCUT2D eigenvalue weighted by atomic mass is 10.3. The Morgan fingerprint density at radius 1 is 1.12 bits per heavy atom. The molecule has 1 amide bonds. The molecular weight excluding hydrogens is 304 g/mol. The van der Waals surface area contributed by atoms with Crippen LogP contribution in [0, 0.1) is 0 Å². The molecule has 5 nitrogen and oxygen atoms in total. The molecule has 0 bridgehead atoms. The highest BCUT2D eigenvalue weighted by atomic mass is 16.5. The Morgan fingerprint density at radius 2 is 1.83 bits per heavy atom. The minimum absolute atomic E-state index is 0.151. The van der Waals surface area contributed by atoms with Crippen molar-refractivity contribution in [2.75, 3.05) is 30.9 Å². The maximum atomic E-state index is 12.0. The molecule has 0 atom stereocenters. The van der Waals surface area contributed by atoms with Gasteiger partial charge in [0.25, 0.3) is 0 Å². The zero-order chi connectivity index (χ0) is 17.4. The number of ether oxygens (including phenoxy) is 2. The molecule has 2 aromatic carbocycles. The molecule has 5 heteroatoms. The van der Waals surface area contributed by atoms with Crippen molar-refractivity contribution in [3.8, 4) is 11.5 Å². The number of carbonyl (C=O) groups is 1. The van der Waals surface area contributed by atoms with Crippen LogP contribution in [-0.4, -0.2) is 26.2 Å². The van der Waals surface area contributed by atoms with Gasteiger partial charge in [0.15, 0.2) is 0 Å². The monoisotopic (exact) mass is 326 g/mol. The molecule has 2 rings (SSSR count). The molecule has 0 saturated heterocycles. The van der Waals surface area contributed by atoms with Gasteiger partial charge >= 0.3 is 0 Å². The van der Waals surface area contributed by atoms with E-state index in [0.29, 0.717) is 18.0 Å². The van der Waals surface area contributed by atoms with Crippen molar-refractivity contribution in [1.29, 1.82) is 0 Å². The fourth-order valence-electron chi connectivity index (χ4n) is 2.00. The largest absolute Gasteiger partial charge is 0.495 e. The van der Waals surface area contributed by atoms with Gasteiger partial charge in [-0.1, -0.05) is 18.7 Å². The third kappa shape index (κ3) is 5.35. The minimum Gasteiger partial charge on any atom is -0.495 e. The summed E-state index contributed by atoms with van der Waals surface area (Å²) in [5.74, 6) is 1.24. The molecule has 0 saturated carbocycles. The highest BCUT2D eigenvalue weighted by molar-refractivity contribution is 5.95. The normalized spacial score (nSPS) is 9.92. The van der Waals surface area contributed by atoms with Crippen molar-refractivity contribution < 1.29 is 14.3 Å². The Hall–Kier alpha value is -2.95. The van der Waals surface area contributed by atoms with Gasteiger partial charge < -0.3 is 20.1 Å². The van der Waals surface area contributed by atoms with Gasteiger partial charge in [0.05, 0.1) is 19.3 Å². The second-order valence-corrected chi connectivity index (χ2v) is 5.37. The van der Waals surface area contributed by atoms with Crippen molar-refractivity contribution in [2.24, 2.45) is 0 Å². The lowest BCUT2D eigenvalue weighted by Gasteiger charge is -2.11. The number of hydrogen-bond donors (Lipinski definition) is 2. The molecule has 0 spiro atoms. The smallest absolute Gasteiger partial charge is 0.243 e. The molecule has 24 heavy (non-hydrogen) atoms. The van der Waals surface area contributed by atoms with E-state index in [1.165, 1.54) is 0 Å². The van der Waals surface area contributed by atoms with Gasteiger partial charge in [0, 0.05) is 5.69 Å². The number of rotatable bonds is 8. The average molecular weight is 326 g/mol. The van der Waals surface area contributed by atoms with Crippen LogP contribution in [0.5, 0.6) is 11.5 Å². The van der Waals surface area contributed by atoms with Crippen LogP contribution < -0.4 is 20.1 Å². The second kappa shape index (κ2) is 8.62. The Labute approximate surface area is 142 Å². The van der Waals surface area contributed by atoms with E-state index in [1.54, 1.807) is 19.2 Å². The topological polar surface area (TPSA) is 59.6 Å². The average Bonchev–Trinajstić information content (AvgIpc) is 2.59. The molecule has 2 N–H and O–H groups in total. The Balaban J connectivity index is 1.84. The minimum atomic E-state index is -0.151. The van der Waals surface area contributed by atoms with Crippen LogP contribution in [0.2, 0.25) is 0 Å². The Bertz CT molecular complexity index is 696. The maximum absolute atomic E-state index is 12.0. The number of methoxy groups -OCH3 is 1. The number of anilines is 2. The number of benzene rings is 2. The highest BCUT2D eigenvalue weighted by Gasteiger charge is 2.06. The molecule has 2 aromatic rings. The zero-order valence-corrected chi connectivity index (χ0v) is 14.0. The summed E-state index contributed by atoms with van der Waals surface area (Å²) in [4.78, 5) is 12.0. The van der Waals surface area contributed by atoms with E-state index < -0.39 is 0 Å². The van der Waals surface area contributed by atoms with Gasteiger partial charge in [-0.25, -0.2) is 0 Å². The fourth-order valence-corrected chi connectivity index (χ4v) is 2.00. The first kappa shape index (κ1) is 17.4. The van der Waals surface area contributed by atoms with Crippen LogP contribution in [0.25, 0.3) is 0 Å². The molecule has 0 aliphatic heterocycles. The van der Waals surface area contributed by atoms with Gasteiger partial charge in [-0.05, 0) is 48.9 Å². The van der Waals surface area contributed by atoms with Crippen molar-refractivity contribution >= 4 is 17.3 Å². The van der Waals surface area contributed by atoms with E-state index in [0.717, 1.165) is 17.0 Å². The first-order valence-corrected chi connectivity index (χ1v) is 7.62. The lowest BCUT2D eigenvalue weighted by molar-refractivity contribution is -0.114. The number of nitrogens with one attached hydrogen (secondary N) is 2. The van der Waals surface area contributed by atoms with Crippen LogP contribution >= 0.6 is 0 Å². The van der Waals surface area contributed by atoms with Gasteiger partial charge in [-0.2, -0.15) is 0 Å². The predicted molar refractivity (Wildman–Crippen MR) is 96.9 cm³/mol. The first-order valence-electron chi connectivity index (χ1n) is 7.62. The standard InChI is InChI=1S/C19H22N2O3/c1-14(2)13-24-16-10-8-15(9-11-16)20-12-19(22)21-17-6-4-5-7-18(17)23-3/h4-11,20H,1,12-13H2,2-3H3,(H,21,22). The number of hydrogen-bond acceptors (Lipinski definition) is 4. The van der Waals surface area contributed by atoms with E-state index in [-0.39, 0.29) is 12.5 Å². The van der Waals surface area contributed by atoms with Crippen LogP contribution in [0.15, 0.2) is 60.7 Å². The summed E-state index contributed by atoms with van der Waals surface area (Å²) in [5, 5.41) is 5.88. The van der Waals surface area contributed by atoms with E-state index >= 15 is 0 Å². The molecule has 0 aliphatic rings. The number of amides is 1. The molecule has 0 aromatic heterocycles. The fraction of sp³-hybridized carbons (Fsp3) is 0.211. The van der Waals surface area contributed by atoms with E-state index in [1.807, 2.05) is 43.3 Å². The summed E-state index contributed by atoms with van der Waals surface area (Å²) >= 11 is 0. The number of carbonyl (C=O) groups excluding carboxylic acids is 1. The predicted octanol–water partition coefficient (Wildman–Crippen LogP) is 3.70. The van der Waals surface area contributed by atoms with E-state index in [9.17, 15) is 4.79 Å². The van der Waals surface area contributed by atoms with Gasteiger partial charge in [0.2, 0.25) is 5.91 Å². The Morgan fingerprint density at radius 3 is 2.50 bits per heavy atom. The quantitative estimate of drug-likeness (QED) is 0.726. The van der Waals surface area contributed by atoms with Crippen LogP contribution in [-0.2, 0) is 4.79 Å². The van der Waals surface area contributed by atoms with Gasteiger partial charge in [-0.15, -0.1) is 0 Å². The molecule has 0 radical (unpaired) electrons. The van der Waals surface area contributed by atoms with Gasteiger partial charge in [-0.3, -0.25) is 4.79 Å². The Kier molecular flexibility index (Phi) is 6.25.